The lowest BCUT2D eigenvalue weighted by Crippen LogP contribution is -2.25. The van der Waals surface area contributed by atoms with E-state index in [0.717, 1.165) is 16.8 Å². The van der Waals surface area contributed by atoms with Crippen molar-refractivity contribution in [1.29, 1.82) is 0 Å². The van der Waals surface area contributed by atoms with Crippen molar-refractivity contribution < 1.29 is 9.47 Å². The number of H-pyrrole nitrogens is 1. The zero-order valence-corrected chi connectivity index (χ0v) is 18.3. The maximum Gasteiger partial charge on any atom is 0.284 e. The molecular formula is C23H25N5O3. The molecule has 0 unspecified atom stereocenters. The molecule has 8 nitrogen and oxygen atoms in total. The monoisotopic (exact) mass is 419 g/mol. The molecule has 0 radical (unpaired) electrons. The minimum atomic E-state index is -0.315. The molecule has 0 saturated heterocycles. The van der Waals surface area contributed by atoms with Crippen molar-refractivity contribution in [2.45, 2.75) is 32.7 Å². The maximum absolute atomic E-state index is 13.1. The van der Waals surface area contributed by atoms with Gasteiger partial charge >= 0.3 is 0 Å². The molecule has 0 atom stereocenters. The number of nitrogens with one attached hydrogen (secondary N) is 1. The van der Waals surface area contributed by atoms with Crippen molar-refractivity contribution in [1.82, 2.24) is 24.7 Å². The van der Waals surface area contributed by atoms with Gasteiger partial charge in [0.25, 0.3) is 5.56 Å². The quantitative estimate of drug-likeness (QED) is 0.532. The normalized spacial score (nSPS) is 11.6. The van der Waals surface area contributed by atoms with E-state index in [4.69, 9.17) is 14.5 Å². The van der Waals surface area contributed by atoms with Crippen LogP contribution in [0.5, 0.6) is 11.5 Å². The highest BCUT2D eigenvalue weighted by Crippen LogP contribution is 2.32. The van der Waals surface area contributed by atoms with Crippen molar-refractivity contribution in [3.63, 3.8) is 0 Å². The Hall–Kier alpha value is -3.68. The number of hydrogen-bond donors (Lipinski definition) is 1. The molecule has 1 aromatic carbocycles. The summed E-state index contributed by atoms with van der Waals surface area (Å²) < 4.78 is 12.7. The van der Waals surface area contributed by atoms with Crippen LogP contribution in [0.3, 0.4) is 0 Å². The first-order valence-electron chi connectivity index (χ1n) is 9.95. The van der Waals surface area contributed by atoms with Crippen LogP contribution in [0.25, 0.3) is 22.8 Å². The Labute approximate surface area is 180 Å². The largest absolute Gasteiger partial charge is 0.493 e. The van der Waals surface area contributed by atoms with Crippen LogP contribution < -0.4 is 15.0 Å². The van der Waals surface area contributed by atoms with Gasteiger partial charge in [-0.05, 0) is 50.6 Å². The van der Waals surface area contributed by atoms with Crippen molar-refractivity contribution in [3.05, 3.63) is 64.3 Å². The number of aromatic amines is 1. The second-order valence-corrected chi connectivity index (χ2v) is 8.25. The predicted molar refractivity (Wildman–Crippen MR) is 118 cm³/mol. The van der Waals surface area contributed by atoms with Crippen LogP contribution in [0.2, 0.25) is 0 Å². The van der Waals surface area contributed by atoms with Gasteiger partial charge in [-0.1, -0.05) is 6.07 Å². The van der Waals surface area contributed by atoms with Crippen LogP contribution in [-0.4, -0.2) is 39.0 Å². The first-order chi connectivity index (χ1) is 14.8. The minimum absolute atomic E-state index is 0.313. The first-order valence-corrected chi connectivity index (χ1v) is 9.95. The minimum Gasteiger partial charge on any atom is -0.493 e. The molecule has 1 aromatic heterocycles. The van der Waals surface area contributed by atoms with E-state index in [2.05, 4.69) is 35.8 Å². The van der Waals surface area contributed by atoms with E-state index in [0.29, 0.717) is 35.1 Å². The zero-order chi connectivity index (χ0) is 22.2. The molecule has 3 heterocycles. The summed E-state index contributed by atoms with van der Waals surface area (Å²) in [5.74, 6) is 2.25. The molecule has 0 saturated carbocycles. The third kappa shape index (κ3) is 3.88. The molecule has 2 aromatic rings. The standard InChI is InChI=1S/C23H25N5O3/c1-23(2,3)28-21-19(22(29)26-20(25-21)15-8-10-24-11-9-15)16(27-28)12-14-6-7-17(30-4)18(13-14)31-5/h6-11,13,27H,12H2,1-5H3. The second-order valence-electron chi connectivity index (χ2n) is 8.25. The number of pyridine rings is 1. The van der Waals surface area contributed by atoms with Gasteiger partial charge in [0.1, 0.15) is 5.56 Å². The van der Waals surface area contributed by atoms with Crippen LogP contribution in [-0.2, 0) is 12.0 Å². The van der Waals surface area contributed by atoms with Crippen LogP contribution >= 0.6 is 0 Å². The van der Waals surface area contributed by atoms with E-state index >= 15 is 0 Å². The smallest absolute Gasteiger partial charge is 0.284 e. The summed E-state index contributed by atoms with van der Waals surface area (Å²) in [5.41, 5.74) is 2.33. The molecule has 4 rings (SSSR count). The third-order valence-electron chi connectivity index (χ3n) is 5.06. The highest BCUT2D eigenvalue weighted by molar-refractivity contribution is 5.65. The molecule has 1 N–H and O–H groups in total. The molecule has 0 fully saturated rings. The van der Waals surface area contributed by atoms with E-state index in [9.17, 15) is 4.79 Å². The Morgan fingerprint density at radius 2 is 1.71 bits per heavy atom. The Balaban J connectivity index is 1.86. The lowest BCUT2D eigenvalue weighted by Gasteiger charge is -2.22. The van der Waals surface area contributed by atoms with Gasteiger partial charge in [-0.25, -0.2) is 4.98 Å². The van der Waals surface area contributed by atoms with Crippen LogP contribution in [0.1, 0.15) is 32.0 Å². The number of benzene rings is 1. The van der Waals surface area contributed by atoms with Gasteiger partial charge in [0, 0.05) is 24.4 Å². The molecular weight excluding hydrogens is 394 g/mol. The summed E-state index contributed by atoms with van der Waals surface area (Å²) >= 11 is 0. The van der Waals surface area contributed by atoms with E-state index < -0.39 is 0 Å². The van der Waals surface area contributed by atoms with Gasteiger partial charge in [-0.3, -0.25) is 19.6 Å². The van der Waals surface area contributed by atoms with Crippen molar-refractivity contribution in [3.8, 4) is 34.3 Å². The topological polar surface area (TPSA) is 94.9 Å². The fraction of sp³-hybridized carbons (Fsp3) is 0.304. The fourth-order valence-corrected chi connectivity index (χ4v) is 3.54. The molecule has 0 amide bonds. The number of aromatic nitrogens is 5. The highest BCUT2D eigenvalue weighted by atomic mass is 16.5. The highest BCUT2D eigenvalue weighted by Gasteiger charge is 2.28. The summed E-state index contributed by atoms with van der Waals surface area (Å²) in [4.78, 5) is 26.1. The molecule has 0 bridgehead atoms. The number of nitrogens with zero attached hydrogens (tertiary/aromatic N) is 4. The number of methoxy groups -OCH3 is 2. The summed E-state index contributed by atoms with van der Waals surface area (Å²) in [6.45, 7) is 6.17. The van der Waals surface area contributed by atoms with E-state index in [-0.39, 0.29) is 11.1 Å². The van der Waals surface area contributed by atoms with Crippen molar-refractivity contribution in [2.24, 2.45) is 0 Å². The number of hydrogen-bond acceptors (Lipinski definition) is 6. The van der Waals surface area contributed by atoms with Crippen molar-refractivity contribution in [2.75, 3.05) is 14.2 Å². The first kappa shape index (κ1) is 20.6. The van der Waals surface area contributed by atoms with Gasteiger partial charge in [0.2, 0.25) is 0 Å². The lowest BCUT2D eigenvalue weighted by atomic mass is 10.0. The van der Waals surface area contributed by atoms with Crippen molar-refractivity contribution >= 4 is 0 Å². The molecule has 0 spiro atoms. The average molecular weight is 419 g/mol. The molecule has 8 heteroatoms. The zero-order valence-electron chi connectivity index (χ0n) is 18.3. The summed E-state index contributed by atoms with van der Waals surface area (Å²) in [6.07, 6.45) is 3.81. The third-order valence-corrected chi connectivity index (χ3v) is 5.06. The van der Waals surface area contributed by atoms with Crippen LogP contribution in [0.4, 0.5) is 0 Å². The van der Waals surface area contributed by atoms with Gasteiger partial charge in [0.15, 0.2) is 23.1 Å². The molecule has 31 heavy (non-hydrogen) atoms. The number of rotatable bonds is 5. The fourth-order valence-electron chi connectivity index (χ4n) is 3.54. The average Bonchev–Trinajstić information content (AvgIpc) is 3.13. The second kappa shape index (κ2) is 7.86. The molecule has 2 aliphatic rings. The SMILES string of the molecule is COc1ccc(Cc2[nH]n(C(C)(C)C)c3nc(-c4ccncc4)nc(=O)c2-3)cc1OC. The van der Waals surface area contributed by atoms with E-state index in [1.807, 2.05) is 22.9 Å². The Bertz CT molecular complexity index is 1240. The van der Waals surface area contributed by atoms with Crippen LogP contribution in [0.15, 0.2) is 47.5 Å². The summed E-state index contributed by atoms with van der Waals surface area (Å²) in [7, 11) is 3.20. The Morgan fingerprint density at radius 3 is 2.35 bits per heavy atom. The van der Waals surface area contributed by atoms with E-state index in [1.165, 1.54) is 0 Å². The Kier molecular flexibility index (Phi) is 5.22. The molecule has 0 aliphatic carbocycles. The molecule has 2 aliphatic heterocycles. The van der Waals surface area contributed by atoms with Gasteiger partial charge < -0.3 is 9.47 Å². The molecule has 160 valence electrons. The summed E-state index contributed by atoms with van der Waals surface area (Å²) in [5, 5.41) is 3.39. The van der Waals surface area contributed by atoms with Crippen LogP contribution in [0, 0.1) is 0 Å². The summed E-state index contributed by atoms with van der Waals surface area (Å²) in [6, 6.07) is 9.29. The lowest BCUT2D eigenvalue weighted by molar-refractivity contribution is 0.354. The number of fused-ring (bicyclic) bond motifs is 1. The Morgan fingerprint density at radius 1 is 1.00 bits per heavy atom. The maximum atomic E-state index is 13.1. The predicted octanol–water partition coefficient (Wildman–Crippen LogP) is 3.50. The van der Waals surface area contributed by atoms with Gasteiger partial charge in [0.05, 0.1) is 25.5 Å². The van der Waals surface area contributed by atoms with Gasteiger partial charge in [-0.15, -0.1) is 0 Å². The number of ether oxygens (including phenoxy) is 2. The van der Waals surface area contributed by atoms with Gasteiger partial charge in [-0.2, -0.15) is 4.98 Å². The van der Waals surface area contributed by atoms with E-state index in [1.54, 1.807) is 38.7 Å².